The van der Waals surface area contributed by atoms with Gasteiger partial charge in [-0.1, -0.05) is 27.5 Å². The number of carbonyl (C=O) groups is 2. The van der Waals surface area contributed by atoms with Gasteiger partial charge in [-0.05, 0) is 49.7 Å². The molecule has 0 bridgehead atoms. The van der Waals surface area contributed by atoms with Crippen LogP contribution in [0.5, 0.6) is 11.5 Å². The van der Waals surface area contributed by atoms with Gasteiger partial charge in [0.15, 0.2) is 11.5 Å². The molecule has 0 aromatic heterocycles. The molecule has 0 spiro atoms. The van der Waals surface area contributed by atoms with Crippen molar-refractivity contribution in [1.29, 1.82) is 0 Å². The summed E-state index contributed by atoms with van der Waals surface area (Å²) in [7, 11) is 1.46. The van der Waals surface area contributed by atoms with Crippen molar-refractivity contribution < 1.29 is 19.1 Å². The second kappa shape index (κ2) is 9.62. The quantitative estimate of drug-likeness (QED) is 0.656. The molecule has 0 unspecified atom stereocenters. The first kappa shape index (κ1) is 21.1. The van der Waals surface area contributed by atoms with Crippen molar-refractivity contribution in [2.24, 2.45) is 0 Å². The number of benzene rings is 2. The maximum atomic E-state index is 12.4. The number of anilines is 1. The van der Waals surface area contributed by atoms with E-state index < -0.39 is 5.91 Å². The van der Waals surface area contributed by atoms with Crippen molar-refractivity contribution in [3.8, 4) is 11.5 Å². The molecule has 6 nitrogen and oxygen atoms in total. The van der Waals surface area contributed by atoms with Crippen LogP contribution >= 0.6 is 27.5 Å². The molecule has 0 heterocycles. The minimum absolute atomic E-state index is 0.179. The minimum atomic E-state index is -0.444. The molecule has 0 aliphatic heterocycles. The first-order valence-electron chi connectivity index (χ1n) is 8.20. The number of amides is 2. The lowest BCUT2D eigenvalue weighted by atomic mass is 10.2. The number of hydrogen-bond acceptors (Lipinski definition) is 4. The summed E-state index contributed by atoms with van der Waals surface area (Å²) in [6, 6.07) is 8.50. The van der Waals surface area contributed by atoms with Gasteiger partial charge in [0.25, 0.3) is 5.91 Å². The van der Waals surface area contributed by atoms with Crippen LogP contribution in [0.3, 0.4) is 0 Å². The second-order valence-electron chi connectivity index (χ2n) is 5.61. The zero-order valence-corrected chi connectivity index (χ0v) is 17.5. The first-order chi connectivity index (χ1) is 12.8. The smallest absolute Gasteiger partial charge is 0.251 e. The van der Waals surface area contributed by atoms with E-state index in [0.29, 0.717) is 23.8 Å². The Morgan fingerprint density at radius 2 is 1.96 bits per heavy atom. The maximum absolute atomic E-state index is 12.4. The number of aryl methyl sites for hydroxylation is 1. The summed E-state index contributed by atoms with van der Waals surface area (Å²) in [6.07, 6.45) is 0. The van der Waals surface area contributed by atoms with E-state index in [-0.39, 0.29) is 23.0 Å². The molecule has 2 N–H and O–H groups in total. The number of methoxy groups -OCH3 is 1. The van der Waals surface area contributed by atoms with E-state index >= 15 is 0 Å². The Labute approximate surface area is 171 Å². The van der Waals surface area contributed by atoms with Gasteiger partial charge in [-0.15, -0.1) is 0 Å². The minimum Gasteiger partial charge on any atom is -0.493 e. The summed E-state index contributed by atoms with van der Waals surface area (Å²) in [5.41, 5.74) is 1.86. The normalized spacial score (nSPS) is 10.3. The third-order valence-electron chi connectivity index (χ3n) is 3.65. The number of nitrogens with one attached hydrogen (secondary N) is 2. The molecule has 2 amide bonds. The zero-order chi connectivity index (χ0) is 20.0. The molecular weight excluding hydrogens is 436 g/mol. The summed E-state index contributed by atoms with van der Waals surface area (Å²) in [6.45, 7) is 3.94. The van der Waals surface area contributed by atoms with Crippen LogP contribution in [0.25, 0.3) is 0 Å². The Morgan fingerprint density at radius 3 is 2.59 bits per heavy atom. The standard InChI is InChI=1S/C19H20BrClN2O4/c1-4-27-18-14(21)8-12(9-16(18)26-3)19(25)22-10-17(24)23-15-6-5-13(20)7-11(15)2/h5-9H,4,10H2,1-3H3,(H,22,25)(H,23,24). The third-order valence-corrected chi connectivity index (χ3v) is 4.43. The fourth-order valence-electron chi connectivity index (χ4n) is 2.36. The molecule has 0 aliphatic carbocycles. The van der Waals surface area contributed by atoms with Crippen LogP contribution in [-0.2, 0) is 4.79 Å². The Morgan fingerprint density at radius 1 is 1.22 bits per heavy atom. The molecule has 2 rings (SSSR count). The monoisotopic (exact) mass is 454 g/mol. The van der Waals surface area contributed by atoms with Crippen molar-refractivity contribution in [3.05, 3.63) is 51.0 Å². The van der Waals surface area contributed by atoms with Crippen LogP contribution < -0.4 is 20.1 Å². The Bertz CT molecular complexity index is 858. The highest BCUT2D eigenvalue weighted by Crippen LogP contribution is 2.36. The van der Waals surface area contributed by atoms with E-state index in [1.807, 2.05) is 26.0 Å². The summed E-state index contributed by atoms with van der Waals surface area (Å²) in [5.74, 6) is -0.0511. The SMILES string of the molecule is CCOc1c(Cl)cc(C(=O)NCC(=O)Nc2ccc(Br)cc2C)cc1OC. The largest absolute Gasteiger partial charge is 0.493 e. The third kappa shape index (κ3) is 5.61. The van der Waals surface area contributed by atoms with Crippen LogP contribution in [0.4, 0.5) is 5.69 Å². The zero-order valence-electron chi connectivity index (χ0n) is 15.2. The molecule has 0 radical (unpaired) electrons. The van der Waals surface area contributed by atoms with Crippen LogP contribution in [0.2, 0.25) is 5.02 Å². The van der Waals surface area contributed by atoms with Crippen LogP contribution in [0.15, 0.2) is 34.8 Å². The van der Waals surface area contributed by atoms with Crippen LogP contribution in [-0.4, -0.2) is 32.1 Å². The molecule has 0 fully saturated rings. The molecular formula is C19H20BrClN2O4. The van der Waals surface area contributed by atoms with Gasteiger partial charge in [0, 0.05) is 15.7 Å². The van der Waals surface area contributed by atoms with E-state index in [9.17, 15) is 9.59 Å². The molecule has 2 aromatic carbocycles. The molecule has 27 heavy (non-hydrogen) atoms. The van der Waals surface area contributed by atoms with Crippen molar-refractivity contribution in [3.63, 3.8) is 0 Å². The lowest BCUT2D eigenvalue weighted by Gasteiger charge is -2.13. The van der Waals surface area contributed by atoms with Gasteiger partial charge < -0.3 is 20.1 Å². The number of carbonyl (C=O) groups excluding carboxylic acids is 2. The van der Waals surface area contributed by atoms with Crippen molar-refractivity contribution in [2.75, 3.05) is 25.6 Å². The van der Waals surface area contributed by atoms with E-state index in [4.69, 9.17) is 21.1 Å². The van der Waals surface area contributed by atoms with Crippen molar-refractivity contribution in [1.82, 2.24) is 5.32 Å². The molecule has 0 atom stereocenters. The predicted octanol–water partition coefficient (Wildman–Crippen LogP) is 4.19. The highest BCUT2D eigenvalue weighted by atomic mass is 79.9. The Kier molecular flexibility index (Phi) is 7.50. The first-order valence-corrected chi connectivity index (χ1v) is 9.37. The Balaban J connectivity index is 2.02. The molecule has 0 saturated heterocycles. The Hall–Kier alpha value is -2.25. The van der Waals surface area contributed by atoms with Gasteiger partial charge in [0.05, 0.1) is 25.3 Å². The van der Waals surface area contributed by atoms with Crippen molar-refractivity contribution in [2.45, 2.75) is 13.8 Å². The average Bonchev–Trinajstić information content (AvgIpc) is 2.63. The van der Waals surface area contributed by atoms with E-state index in [1.54, 1.807) is 6.07 Å². The molecule has 8 heteroatoms. The van der Waals surface area contributed by atoms with Crippen LogP contribution in [0.1, 0.15) is 22.8 Å². The summed E-state index contributed by atoms with van der Waals surface area (Å²) in [5, 5.41) is 5.58. The number of ether oxygens (including phenoxy) is 2. The lowest BCUT2D eigenvalue weighted by Crippen LogP contribution is -2.33. The topological polar surface area (TPSA) is 76.7 Å². The van der Waals surface area contributed by atoms with Gasteiger partial charge in [-0.3, -0.25) is 9.59 Å². The molecule has 0 saturated carbocycles. The molecule has 2 aromatic rings. The van der Waals surface area contributed by atoms with Gasteiger partial charge >= 0.3 is 0 Å². The number of hydrogen-bond donors (Lipinski definition) is 2. The van der Waals surface area contributed by atoms with E-state index in [2.05, 4.69) is 26.6 Å². The highest BCUT2D eigenvalue weighted by molar-refractivity contribution is 9.10. The molecule has 0 aliphatic rings. The average molecular weight is 456 g/mol. The van der Waals surface area contributed by atoms with E-state index in [0.717, 1.165) is 10.0 Å². The summed E-state index contributed by atoms with van der Waals surface area (Å²) < 4.78 is 11.6. The number of halogens is 2. The van der Waals surface area contributed by atoms with Gasteiger partial charge in [0.1, 0.15) is 0 Å². The lowest BCUT2D eigenvalue weighted by molar-refractivity contribution is -0.115. The summed E-state index contributed by atoms with van der Waals surface area (Å²) in [4.78, 5) is 24.5. The van der Waals surface area contributed by atoms with Gasteiger partial charge in [0.2, 0.25) is 5.91 Å². The maximum Gasteiger partial charge on any atom is 0.251 e. The second-order valence-corrected chi connectivity index (χ2v) is 6.94. The predicted molar refractivity (Wildman–Crippen MR) is 109 cm³/mol. The van der Waals surface area contributed by atoms with E-state index in [1.165, 1.54) is 19.2 Å². The van der Waals surface area contributed by atoms with Gasteiger partial charge in [-0.2, -0.15) is 0 Å². The van der Waals surface area contributed by atoms with Crippen molar-refractivity contribution >= 4 is 45.0 Å². The van der Waals surface area contributed by atoms with Gasteiger partial charge in [-0.25, -0.2) is 0 Å². The highest BCUT2D eigenvalue weighted by Gasteiger charge is 2.16. The molecule has 144 valence electrons. The summed E-state index contributed by atoms with van der Waals surface area (Å²) >= 11 is 9.54. The number of rotatable bonds is 7. The fourth-order valence-corrected chi connectivity index (χ4v) is 3.10. The fraction of sp³-hybridized carbons (Fsp3) is 0.263. The van der Waals surface area contributed by atoms with Crippen LogP contribution in [0, 0.1) is 6.92 Å².